The molecule has 1 fully saturated rings. The van der Waals surface area contributed by atoms with E-state index >= 15 is 0 Å². The normalized spacial score (nSPS) is 14.5. The van der Waals surface area contributed by atoms with Crippen LogP contribution in [0, 0.1) is 0 Å². The number of phenolic OH excluding ortho intramolecular Hbond substituents is 1. The summed E-state index contributed by atoms with van der Waals surface area (Å²) in [6, 6.07) is 14.9. The Hall–Kier alpha value is -3.58. The molecule has 1 amide bonds. The molecule has 1 aliphatic heterocycles. The largest absolute Gasteiger partial charge is 0.508 e. The Labute approximate surface area is 196 Å². The summed E-state index contributed by atoms with van der Waals surface area (Å²) in [5.74, 6) is 1.04. The summed E-state index contributed by atoms with van der Waals surface area (Å²) in [4.78, 5) is 23.4. The van der Waals surface area contributed by atoms with Crippen LogP contribution in [0.4, 0.5) is 5.82 Å². The zero-order valence-corrected chi connectivity index (χ0v) is 19.0. The van der Waals surface area contributed by atoms with Gasteiger partial charge in [0.1, 0.15) is 5.75 Å². The van der Waals surface area contributed by atoms with Crippen LogP contribution in [0.3, 0.4) is 0 Å². The van der Waals surface area contributed by atoms with E-state index in [0.717, 1.165) is 59.9 Å². The first-order chi connectivity index (χ1) is 16.0. The average molecular weight is 462 g/mol. The second kappa shape index (κ2) is 8.75. The lowest BCUT2D eigenvalue weighted by atomic mass is 10.0. The summed E-state index contributed by atoms with van der Waals surface area (Å²) in [7, 11) is 0. The minimum atomic E-state index is 0.00748. The molecule has 33 heavy (non-hydrogen) atoms. The van der Waals surface area contributed by atoms with E-state index in [4.69, 9.17) is 16.6 Å². The third-order valence-corrected chi connectivity index (χ3v) is 6.24. The van der Waals surface area contributed by atoms with Gasteiger partial charge < -0.3 is 15.3 Å². The third-order valence-electron chi connectivity index (χ3n) is 5.98. The van der Waals surface area contributed by atoms with E-state index in [0.29, 0.717) is 5.02 Å². The lowest BCUT2D eigenvalue weighted by Gasteiger charge is -2.33. The van der Waals surface area contributed by atoms with E-state index in [9.17, 15) is 9.90 Å². The number of fused-ring (bicyclic) bond motifs is 1. The summed E-state index contributed by atoms with van der Waals surface area (Å²) < 4.78 is 2.05. The third kappa shape index (κ3) is 4.24. The molecule has 7 nitrogen and oxygen atoms in total. The van der Waals surface area contributed by atoms with Crippen molar-refractivity contribution in [3.63, 3.8) is 0 Å². The van der Waals surface area contributed by atoms with Crippen molar-refractivity contribution < 1.29 is 9.90 Å². The number of phenols is 1. The number of piperidine rings is 1. The highest BCUT2D eigenvalue weighted by molar-refractivity contribution is 6.30. The van der Waals surface area contributed by atoms with Crippen LogP contribution in [0.2, 0.25) is 5.02 Å². The fourth-order valence-electron chi connectivity index (χ4n) is 4.41. The zero-order valence-electron chi connectivity index (χ0n) is 18.2. The molecule has 2 aromatic heterocycles. The highest BCUT2D eigenvalue weighted by Crippen LogP contribution is 2.36. The average Bonchev–Trinajstić information content (AvgIpc) is 3.20. The summed E-state index contributed by atoms with van der Waals surface area (Å²) >= 11 is 6.13. The van der Waals surface area contributed by atoms with Crippen LogP contribution in [0.15, 0.2) is 60.9 Å². The monoisotopic (exact) mass is 461 g/mol. The van der Waals surface area contributed by atoms with Gasteiger partial charge in [-0.3, -0.25) is 9.20 Å². The van der Waals surface area contributed by atoms with Crippen LogP contribution < -0.4 is 10.2 Å². The van der Waals surface area contributed by atoms with Crippen molar-refractivity contribution in [1.82, 2.24) is 19.7 Å². The number of nitrogens with zero attached hydrogens (tertiary/aromatic N) is 4. The van der Waals surface area contributed by atoms with Gasteiger partial charge in [-0.15, -0.1) is 0 Å². The maximum absolute atomic E-state index is 11.4. The van der Waals surface area contributed by atoms with Crippen LogP contribution in [0.5, 0.6) is 5.75 Å². The van der Waals surface area contributed by atoms with Gasteiger partial charge in [0.05, 0.1) is 11.4 Å². The maximum atomic E-state index is 11.4. The van der Waals surface area contributed by atoms with Gasteiger partial charge in [0, 0.05) is 54.6 Å². The van der Waals surface area contributed by atoms with Gasteiger partial charge in [0.15, 0.2) is 11.5 Å². The van der Waals surface area contributed by atoms with Gasteiger partial charge in [-0.2, -0.15) is 0 Å². The van der Waals surface area contributed by atoms with Gasteiger partial charge in [-0.25, -0.2) is 9.97 Å². The molecule has 0 saturated carbocycles. The SMILES string of the molecule is CC(=O)NC1CCN(c2nccn3c(-c4ccc(O)cc4)c(-c4ccc(Cl)cc4)nc23)CC1. The number of amides is 1. The van der Waals surface area contributed by atoms with Crippen LogP contribution in [-0.4, -0.2) is 44.5 Å². The first-order valence-electron chi connectivity index (χ1n) is 10.9. The number of carbonyl (C=O) groups excluding carboxylic acids is 1. The number of imidazole rings is 1. The minimum Gasteiger partial charge on any atom is -0.508 e. The number of anilines is 1. The van der Waals surface area contributed by atoms with Crippen LogP contribution in [0.1, 0.15) is 19.8 Å². The van der Waals surface area contributed by atoms with Crippen molar-refractivity contribution in [2.45, 2.75) is 25.8 Å². The lowest BCUT2D eigenvalue weighted by Crippen LogP contribution is -2.44. The molecule has 0 aliphatic carbocycles. The first kappa shape index (κ1) is 21.3. The molecule has 8 heteroatoms. The molecule has 0 spiro atoms. The highest BCUT2D eigenvalue weighted by atomic mass is 35.5. The predicted molar refractivity (Wildman–Crippen MR) is 130 cm³/mol. The Morgan fingerprint density at radius 2 is 1.73 bits per heavy atom. The van der Waals surface area contributed by atoms with Crippen molar-refractivity contribution in [2.75, 3.05) is 18.0 Å². The summed E-state index contributed by atoms with van der Waals surface area (Å²) in [5.41, 5.74) is 4.39. The molecule has 0 radical (unpaired) electrons. The number of carbonyl (C=O) groups is 1. The Kier molecular flexibility index (Phi) is 5.64. The fraction of sp³-hybridized carbons (Fsp3) is 0.240. The van der Waals surface area contributed by atoms with Crippen molar-refractivity contribution in [3.8, 4) is 28.3 Å². The number of rotatable bonds is 4. The smallest absolute Gasteiger partial charge is 0.217 e. The number of aromatic hydroxyl groups is 1. The van der Waals surface area contributed by atoms with Crippen LogP contribution in [0.25, 0.3) is 28.2 Å². The molecule has 1 saturated heterocycles. The highest BCUT2D eigenvalue weighted by Gasteiger charge is 2.25. The number of aromatic nitrogens is 3. The molecule has 5 rings (SSSR count). The van der Waals surface area contributed by atoms with Crippen molar-refractivity contribution in [2.24, 2.45) is 0 Å². The number of halogens is 1. The number of hydrogen-bond acceptors (Lipinski definition) is 5. The van der Waals surface area contributed by atoms with Crippen molar-refractivity contribution in [1.29, 1.82) is 0 Å². The molecule has 0 atom stereocenters. The van der Waals surface area contributed by atoms with Crippen molar-refractivity contribution >= 4 is 29.0 Å². The molecule has 1 aliphatic rings. The Balaban J connectivity index is 1.61. The second-order valence-electron chi connectivity index (χ2n) is 8.27. The predicted octanol–water partition coefficient (Wildman–Crippen LogP) is 4.53. The van der Waals surface area contributed by atoms with Gasteiger partial charge >= 0.3 is 0 Å². The first-order valence-corrected chi connectivity index (χ1v) is 11.3. The van der Waals surface area contributed by atoms with Crippen LogP contribution >= 0.6 is 11.6 Å². The molecule has 0 bridgehead atoms. The number of benzene rings is 2. The topological polar surface area (TPSA) is 82.8 Å². The Morgan fingerprint density at radius 3 is 2.39 bits per heavy atom. The van der Waals surface area contributed by atoms with Crippen molar-refractivity contribution in [3.05, 3.63) is 65.9 Å². The zero-order chi connectivity index (χ0) is 22.9. The maximum Gasteiger partial charge on any atom is 0.217 e. The molecular weight excluding hydrogens is 438 g/mol. The summed E-state index contributed by atoms with van der Waals surface area (Å²) in [6.07, 6.45) is 5.42. The molecule has 2 N–H and O–H groups in total. The van der Waals surface area contributed by atoms with E-state index in [1.807, 2.05) is 42.6 Å². The van der Waals surface area contributed by atoms with Crippen LogP contribution in [-0.2, 0) is 4.79 Å². The van der Waals surface area contributed by atoms with Gasteiger partial charge in [-0.05, 0) is 49.2 Å². The van der Waals surface area contributed by atoms with E-state index < -0.39 is 0 Å². The molecule has 4 aromatic rings. The van der Waals surface area contributed by atoms with E-state index in [1.54, 1.807) is 25.3 Å². The van der Waals surface area contributed by atoms with E-state index in [2.05, 4.69) is 19.6 Å². The standard InChI is InChI=1S/C25H24ClN5O2/c1-16(32)28-20-10-13-30(14-11-20)24-25-29-22(17-2-6-19(26)7-3-17)23(31(25)15-12-27-24)18-4-8-21(33)9-5-18/h2-9,12,15,20,33H,10-11,13-14H2,1H3,(H,28,32). The lowest BCUT2D eigenvalue weighted by molar-refractivity contribution is -0.119. The summed E-state index contributed by atoms with van der Waals surface area (Å²) in [5, 5.41) is 13.5. The van der Waals surface area contributed by atoms with E-state index in [-0.39, 0.29) is 17.7 Å². The van der Waals surface area contributed by atoms with Gasteiger partial charge in [0.25, 0.3) is 0 Å². The fourth-order valence-corrected chi connectivity index (χ4v) is 4.54. The quantitative estimate of drug-likeness (QED) is 0.466. The van der Waals surface area contributed by atoms with Gasteiger partial charge in [-0.1, -0.05) is 23.7 Å². The minimum absolute atomic E-state index is 0.00748. The van der Waals surface area contributed by atoms with E-state index in [1.165, 1.54) is 0 Å². The molecule has 168 valence electrons. The second-order valence-corrected chi connectivity index (χ2v) is 8.71. The molecule has 0 unspecified atom stereocenters. The Bertz CT molecular complexity index is 1290. The number of nitrogens with one attached hydrogen (secondary N) is 1. The summed E-state index contributed by atoms with van der Waals surface area (Å²) in [6.45, 7) is 3.13. The molecule has 2 aromatic carbocycles. The molecular formula is C25H24ClN5O2. The molecule has 3 heterocycles. The van der Waals surface area contributed by atoms with Gasteiger partial charge in [0.2, 0.25) is 5.91 Å². The Morgan fingerprint density at radius 1 is 1.06 bits per heavy atom. The number of hydrogen-bond donors (Lipinski definition) is 2.